The van der Waals surface area contributed by atoms with Crippen molar-refractivity contribution in [3.8, 4) is 5.75 Å². The highest BCUT2D eigenvalue weighted by Gasteiger charge is 2.37. The van der Waals surface area contributed by atoms with Gasteiger partial charge in [-0.15, -0.1) is 0 Å². The van der Waals surface area contributed by atoms with Crippen LogP contribution in [0.25, 0.3) is 10.9 Å². The molecular weight excluding hydrogens is 1490 g/mol. The van der Waals surface area contributed by atoms with Crippen LogP contribution in [0.4, 0.5) is 0 Å². The summed E-state index contributed by atoms with van der Waals surface area (Å²) in [5, 5.41) is 72.4. The number of aromatic hydroxyl groups is 1. The smallest absolute Gasteiger partial charge is 0.305 e. The van der Waals surface area contributed by atoms with Gasteiger partial charge in [0.05, 0.1) is 25.8 Å². The van der Waals surface area contributed by atoms with Crippen molar-refractivity contribution in [3.63, 3.8) is 0 Å². The summed E-state index contributed by atoms with van der Waals surface area (Å²) < 4.78 is 0. The number of carbonyl (C=O) groups is 14. The van der Waals surface area contributed by atoms with Crippen molar-refractivity contribution < 1.29 is 77.3 Å². The van der Waals surface area contributed by atoms with E-state index < -0.39 is 181 Å². The van der Waals surface area contributed by atoms with Crippen molar-refractivity contribution in [1.82, 2.24) is 89.4 Å². The zero-order valence-corrected chi connectivity index (χ0v) is 64.3. The van der Waals surface area contributed by atoms with E-state index >= 15 is 14.4 Å². The quantitative estimate of drug-likeness (QED) is 0.0107. The van der Waals surface area contributed by atoms with E-state index in [2.05, 4.69) is 89.4 Å². The number of benzene rings is 4. The number of nitrogens with one attached hydrogen (secondary N) is 18. The fraction of sp³-hybridized carbons (Fsp3) is 0.416. The summed E-state index contributed by atoms with van der Waals surface area (Å²) in [6.07, 6.45) is 2.88. The van der Waals surface area contributed by atoms with E-state index in [0.29, 0.717) is 51.7 Å². The van der Waals surface area contributed by atoms with Gasteiger partial charge in [-0.05, 0) is 78.5 Å². The van der Waals surface area contributed by atoms with E-state index in [9.17, 15) is 63.0 Å². The van der Waals surface area contributed by atoms with Gasteiger partial charge in [-0.1, -0.05) is 125 Å². The van der Waals surface area contributed by atoms with Gasteiger partial charge < -0.3 is 112 Å². The Morgan fingerprint density at radius 2 is 0.878 bits per heavy atom. The van der Waals surface area contributed by atoms with E-state index in [-0.39, 0.29) is 83.0 Å². The summed E-state index contributed by atoms with van der Waals surface area (Å²) in [5.41, 5.74) is 19.5. The number of hydrogen-bond acceptors (Lipinski definition) is 18. The summed E-state index contributed by atoms with van der Waals surface area (Å²) >= 11 is 0. The number of nitrogens with zero attached hydrogens (tertiary/aromatic N) is 1. The monoisotopic (exact) mass is 1590 g/mol. The van der Waals surface area contributed by atoms with Crippen molar-refractivity contribution >= 4 is 106 Å². The normalized spacial score (nSPS) is 13.6. The molecule has 0 saturated carbocycles. The second-order valence-electron chi connectivity index (χ2n) is 27.7. The minimum Gasteiger partial charge on any atom is -0.508 e. The van der Waals surface area contributed by atoms with Gasteiger partial charge in [-0.2, -0.15) is 0 Å². The van der Waals surface area contributed by atoms with Crippen molar-refractivity contribution in [2.24, 2.45) is 23.1 Å². The number of H-pyrrole nitrogens is 2. The molecule has 0 aliphatic carbocycles. The average molecular weight is 1590 g/mol. The molecule has 26 N–H and O–H groups in total. The molecule has 0 bridgehead atoms. The molecule has 2 aromatic heterocycles. The van der Waals surface area contributed by atoms with Crippen molar-refractivity contribution in [2.75, 3.05) is 26.2 Å². The van der Waals surface area contributed by atoms with Crippen LogP contribution in [0.1, 0.15) is 107 Å². The minimum absolute atomic E-state index is 0.00169. The van der Waals surface area contributed by atoms with Crippen LogP contribution in [0.15, 0.2) is 128 Å². The molecule has 0 saturated heterocycles. The molecule has 2 heterocycles. The van der Waals surface area contributed by atoms with Gasteiger partial charge in [0.1, 0.15) is 66.2 Å². The maximum atomic E-state index is 15.2. The standard InChI is InChI=1S/C77H104N22O16/c1-5-6-22-53(94-75(115)65(43(2)3)99-74(114)57(90-44(4)100)34-47-26-28-50(101)29-27-47)66(106)88-41-63(103)91-60(36-49-39-83-42-89-49)72(112)96-58(33-46-19-11-8-12-20-46)70(110)92-55(25-16-31-85-77(81)82)69(109)97-59(35-48-38-86-52-23-14-13-21-51(48)52)71(111)98-61(37-64(104)105)73(113)93-54(24-15-30-84-76(79)80)68(108)95-56(67(107)87-40-62(78)102)32-45-17-9-7-10-18-45/h7-14,17-21,23,26-29,38-39,42-43,53-61,65,86,101H,5-6,15-16,22,24-25,30-37,40-41H2,1-4H3,(H2,78,102)(H,83,89)(H,87,107)(H,88,106)(H,90,100)(H,91,103)(H,92,110)(H,93,113)(H,94,115)(H,95,108)(H,96,112)(H,97,109)(H,98,111)(H,99,114)(H,104,105)(H4,79,80,84)(H4,81,82,85)/t53-,54-,55-,56-,57-,58+,59-,60-,61-,65-/m0/s1. The topological polar surface area (TPSA) is 618 Å². The predicted molar refractivity (Wildman–Crippen MR) is 422 cm³/mol. The SMILES string of the molecule is CCCC[C@H](NC(=O)[C@@H](NC(=O)[C@H](Cc1ccc(O)cc1)NC(C)=O)C(C)C)C(=O)NCC(=O)N[C@@H](Cc1cnc[nH]1)C(=O)N[C@H](Cc1ccccc1)C(=O)N[C@@H](CCCNC(=N)N)C(=O)N[C@@H](Cc1c[nH]c2ccccc12)C(=O)N[C@@H](CC(=O)O)C(=O)N[C@@H](CCCNC(=N)N)C(=O)N[C@@H](Cc1ccccc1)C(=O)NCC(N)=O. The van der Waals surface area contributed by atoms with E-state index in [1.165, 1.54) is 31.6 Å². The van der Waals surface area contributed by atoms with Crippen LogP contribution in [-0.4, -0.2) is 206 Å². The molecule has 0 fully saturated rings. The second kappa shape index (κ2) is 46.4. The summed E-state index contributed by atoms with van der Waals surface area (Å²) in [5.74, 6) is -14.6. The van der Waals surface area contributed by atoms with E-state index in [0.717, 1.165) is 0 Å². The number of carboxylic acids is 1. The number of primary amides is 1. The maximum absolute atomic E-state index is 15.2. The first kappa shape index (κ1) is 90.4. The van der Waals surface area contributed by atoms with Gasteiger partial charge in [0.15, 0.2) is 11.9 Å². The van der Waals surface area contributed by atoms with Crippen molar-refractivity contribution in [1.29, 1.82) is 10.8 Å². The zero-order chi connectivity index (χ0) is 84.1. The first-order valence-corrected chi connectivity index (χ1v) is 37.4. The van der Waals surface area contributed by atoms with Crippen LogP contribution in [0.3, 0.4) is 0 Å². The summed E-state index contributed by atoms with van der Waals surface area (Å²) in [6.45, 7) is 5.04. The number of hydrogen-bond donors (Lipinski definition) is 23. The summed E-state index contributed by atoms with van der Waals surface area (Å²) in [6, 6.07) is 14.7. The number of carbonyl (C=O) groups excluding carboxylic acids is 13. The molecule has 0 unspecified atom stereocenters. The Bertz CT molecular complexity index is 4320. The largest absolute Gasteiger partial charge is 0.508 e. The number of phenolic OH excluding ortho intramolecular Hbond substituents is 1. The minimum atomic E-state index is -1.99. The van der Waals surface area contributed by atoms with Crippen LogP contribution >= 0.6 is 0 Å². The number of rotatable bonds is 48. The van der Waals surface area contributed by atoms with E-state index in [4.69, 9.17) is 28.0 Å². The number of guanidine groups is 2. The molecule has 4 aromatic carbocycles. The predicted octanol–water partition coefficient (Wildman–Crippen LogP) is -2.46. The number of fused-ring (bicyclic) bond motifs is 1. The van der Waals surface area contributed by atoms with Gasteiger partial charge in [0, 0.05) is 81.1 Å². The van der Waals surface area contributed by atoms with Crippen LogP contribution in [0.5, 0.6) is 5.75 Å². The Morgan fingerprint density at radius 3 is 1.38 bits per heavy atom. The first-order chi connectivity index (χ1) is 54.9. The number of phenols is 1. The van der Waals surface area contributed by atoms with Gasteiger partial charge in [0.25, 0.3) is 0 Å². The first-order valence-electron chi connectivity index (χ1n) is 37.4. The molecule has 0 aliphatic rings. The lowest BCUT2D eigenvalue weighted by Crippen LogP contribution is -2.61. The summed E-state index contributed by atoms with van der Waals surface area (Å²) in [7, 11) is 0. The van der Waals surface area contributed by atoms with Gasteiger partial charge >= 0.3 is 5.97 Å². The maximum Gasteiger partial charge on any atom is 0.305 e. The number of imidazole rings is 1. The van der Waals surface area contributed by atoms with E-state index in [1.807, 2.05) is 6.92 Å². The number of para-hydroxylation sites is 1. The molecule has 0 aliphatic heterocycles. The highest BCUT2D eigenvalue weighted by Crippen LogP contribution is 2.21. The molecule has 6 rings (SSSR count). The number of carboxylic acid groups (broad SMARTS) is 1. The lowest BCUT2D eigenvalue weighted by atomic mass is 10.00. The van der Waals surface area contributed by atoms with Crippen LogP contribution < -0.4 is 91.6 Å². The zero-order valence-electron chi connectivity index (χ0n) is 64.3. The molecular formula is C77H104N22O16. The van der Waals surface area contributed by atoms with Crippen LogP contribution in [0.2, 0.25) is 0 Å². The third-order valence-electron chi connectivity index (χ3n) is 18.1. The number of nitrogens with two attached hydrogens (primary N) is 3. The van der Waals surface area contributed by atoms with Gasteiger partial charge in [0.2, 0.25) is 76.8 Å². The van der Waals surface area contributed by atoms with Crippen molar-refractivity contribution in [2.45, 2.75) is 172 Å². The Kier molecular flexibility index (Phi) is 36.5. The number of amides is 13. The molecule has 0 radical (unpaired) electrons. The molecule has 6 aromatic rings. The number of unbranched alkanes of at least 4 members (excludes halogenated alkanes) is 1. The van der Waals surface area contributed by atoms with Crippen LogP contribution in [-0.2, 0) is 99.2 Å². The summed E-state index contributed by atoms with van der Waals surface area (Å²) in [4.78, 5) is 205. The van der Waals surface area contributed by atoms with E-state index in [1.54, 1.807) is 117 Å². The number of aromatic nitrogens is 3. The highest BCUT2D eigenvalue weighted by atomic mass is 16.4. The Labute approximate surface area is 662 Å². The molecule has 13 amide bonds. The fourth-order valence-corrected chi connectivity index (χ4v) is 12.2. The Morgan fingerprint density at radius 1 is 0.452 bits per heavy atom. The second-order valence-corrected chi connectivity index (χ2v) is 27.7. The molecule has 618 valence electrons. The Hall–Kier alpha value is -13.5. The van der Waals surface area contributed by atoms with Crippen LogP contribution in [0, 0.1) is 16.7 Å². The number of aromatic amines is 2. The highest BCUT2D eigenvalue weighted by molar-refractivity contribution is 6.00. The number of aliphatic carboxylic acids is 1. The Balaban J connectivity index is 1.25. The molecule has 115 heavy (non-hydrogen) atoms. The third-order valence-corrected chi connectivity index (χ3v) is 18.1. The van der Waals surface area contributed by atoms with Gasteiger partial charge in [-0.25, -0.2) is 4.98 Å². The molecule has 10 atom stereocenters. The third kappa shape index (κ3) is 31.7. The fourth-order valence-electron chi connectivity index (χ4n) is 12.2. The molecule has 38 nitrogen and oxygen atoms in total. The lowest BCUT2D eigenvalue weighted by molar-refractivity contribution is -0.141. The average Bonchev–Trinajstić information content (AvgIpc) is 1.59. The van der Waals surface area contributed by atoms with Gasteiger partial charge in [-0.3, -0.25) is 77.9 Å². The molecule has 0 spiro atoms. The van der Waals surface area contributed by atoms with Crippen molar-refractivity contribution in [3.05, 3.63) is 156 Å². The lowest BCUT2D eigenvalue weighted by Gasteiger charge is -2.28. The molecule has 38 heteroatoms.